The average Bonchev–Trinajstić information content (AvgIpc) is 2.85. The molecule has 0 atom stereocenters. The van der Waals surface area contributed by atoms with Crippen molar-refractivity contribution in [2.45, 2.75) is 13.1 Å². The number of nitrogens with one attached hydrogen (secondary N) is 1. The molecule has 1 heterocycles. The molecule has 1 aromatic heterocycles. The summed E-state index contributed by atoms with van der Waals surface area (Å²) in [6, 6.07) is 6.08. The fourth-order valence-electron chi connectivity index (χ4n) is 1.55. The van der Waals surface area contributed by atoms with E-state index >= 15 is 0 Å². The molecule has 0 aliphatic carbocycles. The minimum absolute atomic E-state index is 0.0134. The minimum atomic E-state index is -0.484. The zero-order valence-electron chi connectivity index (χ0n) is 10.0. The number of nitrogens with zero attached hydrogens (tertiary/aromatic N) is 4. The number of aliphatic hydroxyl groups is 1. The summed E-state index contributed by atoms with van der Waals surface area (Å²) in [6.07, 6.45) is 1.67. The molecule has 0 saturated heterocycles. The lowest BCUT2D eigenvalue weighted by molar-refractivity contribution is 0.268. The number of halogens is 1. The number of nitriles is 1. The van der Waals surface area contributed by atoms with Crippen LogP contribution in [0, 0.1) is 17.1 Å². The van der Waals surface area contributed by atoms with Gasteiger partial charge in [0.05, 0.1) is 43.2 Å². The summed E-state index contributed by atoms with van der Waals surface area (Å²) in [5.41, 5.74) is 1.21. The molecule has 2 aromatic rings. The molecular formula is C12H12FN5O. The van der Waals surface area contributed by atoms with Crippen LogP contribution in [0.4, 0.5) is 10.1 Å². The Morgan fingerprint density at radius 2 is 2.32 bits per heavy atom. The number of benzene rings is 1. The largest absolute Gasteiger partial charge is 0.394 e. The third-order valence-electron chi connectivity index (χ3n) is 2.47. The van der Waals surface area contributed by atoms with Gasteiger partial charge in [-0.1, -0.05) is 5.21 Å². The van der Waals surface area contributed by atoms with Gasteiger partial charge < -0.3 is 10.4 Å². The highest BCUT2D eigenvalue weighted by Gasteiger charge is 2.05. The van der Waals surface area contributed by atoms with Gasteiger partial charge >= 0.3 is 0 Å². The highest BCUT2D eigenvalue weighted by molar-refractivity contribution is 5.48. The quantitative estimate of drug-likeness (QED) is 0.834. The van der Waals surface area contributed by atoms with Crippen molar-refractivity contribution in [3.63, 3.8) is 0 Å². The summed E-state index contributed by atoms with van der Waals surface area (Å²) in [7, 11) is 0. The van der Waals surface area contributed by atoms with Crippen molar-refractivity contribution in [3.05, 3.63) is 41.5 Å². The van der Waals surface area contributed by atoms with Crippen LogP contribution in [0.5, 0.6) is 0 Å². The summed E-state index contributed by atoms with van der Waals surface area (Å²) in [5, 5.41) is 27.9. The predicted octanol–water partition coefficient (Wildman–Crippen LogP) is 0.893. The first-order chi connectivity index (χ1) is 9.22. The summed E-state index contributed by atoms with van der Waals surface area (Å²) in [6.45, 7) is 0.674. The monoisotopic (exact) mass is 261 g/mol. The van der Waals surface area contributed by atoms with Crippen molar-refractivity contribution in [2.75, 3.05) is 11.9 Å². The van der Waals surface area contributed by atoms with E-state index in [9.17, 15) is 4.39 Å². The van der Waals surface area contributed by atoms with Crippen LogP contribution < -0.4 is 5.32 Å². The van der Waals surface area contributed by atoms with Gasteiger partial charge in [-0.05, 0) is 18.2 Å². The lowest BCUT2D eigenvalue weighted by Gasteiger charge is -2.05. The van der Waals surface area contributed by atoms with Crippen LogP contribution in [0.15, 0.2) is 24.4 Å². The highest BCUT2D eigenvalue weighted by atomic mass is 19.1. The third-order valence-corrected chi connectivity index (χ3v) is 2.47. The Morgan fingerprint density at radius 3 is 3.00 bits per heavy atom. The van der Waals surface area contributed by atoms with Crippen LogP contribution in [-0.2, 0) is 13.1 Å². The van der Waals surface area contributed by atoms with Gasteiger partial charge in [-0.2, -0.15) is 5.26 Å². The molecule has 0 radical (unpaired) electrons. The van der Waals surface area contributed by atoms with Gasteiger partial charge in [-0.25, -0.2) is 9.07 Å². The van der Waals surface area contributed by atoms with Crippen molar-refractivity contribution in [1.29, 1.82) is 5.26 Å². The molecule has 0 saturated carbocycles. The van der Waals surface area contributed by atoms with Crippen LogP contribution >= 0.6 is 0 Å². The van der Waals surface area contributed by atoms with Crippen LogP contribution in [0.2, 0.25) is 0 Å². The van der Waals surface area contributed by atoms with Gasteiger partial charge in [-0.15, -0.1) is 5.10 Å². The number of anilines is 1. The molecular weight excluding hydrogens is 249 g/mol. The second-order valence-corrected chi connectivity index (χ2v) is 3.86. The summed E-state index contributed by atoms with van der Waals surface area (Å²) in [4.78, 5) is 0. The first-order valence-corrected chi connectivity index (χ1v) is 5.66. The highest BCUT2D eigenvalue weighted by Crippen LogP contribution is 2.15. The van der Waals surface area contributed by atoms with Crippen molar-refractivity contribution in [3.8, 4) is 6.07 Å². The summed E-state index contributed by atoms with van der Waals surface area (Å²) < 4.78 is 15.1. The normalized spacial score (nSPS) is 10.2. The second-order valence-electron chi connectivity index (χ2n) is 3.86. The zero-order chi connectivity index (χ0) is 13.7. The molecule has 0 aliphatic heterocycles. The molecule has 2 rings (SSSR count). The van der Waals surface area contributed by atoms with E-state index in [4.69, 9.17) is 10.4 Å². The second kappa shape index (κ2) is 5.93. The van der Waals surface area contributed by atoms with Crippen molar-refractivity contribution in [1.82, 2.24) is 15.0 Å². The number of hydrogen-bond donors (Lipinski definition) is 2. The van der Waals surface area contributed by atoms with Gasteiger partial charge in [0.2, 0.25) is 0 Å². The maximum absolute atomic E-state index is 13.6. The fraction of sp³-hybridized carbons (Fsp3) is 0.250. The number of hydrogen-bond acceptors (Lipinski definition) is 5. The van der Waals surface area contributed by atoms with Crippen molar-refractivity contribution in [2.24, 2.45) is 0 Å². The van der Waals surface area contributed by atoms with E-state index in [1.54, 1.807) is 6.20 Å². The van der Waals surface area contributed by atoms with Crippen molar-refractivity contribution >= 4 is 5.69 Å². The van der Waals surface area contributed by atoms with E-state index < -0.39 is 5.82 Å². The molecule has 19 heavy (non-hydrogen) atoms. The Kier molecular flexibility index (Phi) is 4.05. The standard InChI is InChI=1S/C12H12FN5O/c13-11-5-9(6-14)1-2-12(11)15-7-10-8-18(3-4-19)17-16-10/h1-2,5,8,15,19H,3-4,7H2. The van der Waals surface area contributed by atoms with Gasteiger partial charge in [-0.3, -0.25) is 0 Å². The third kappa shape index (κ3) is 3.26. The number of rotatable bonds is 5. The molecule has 1 aromatic carbocycles. The zero-order valence-corrected chi connectivity index (χ0v) is 10.0. The van der Waals surface area contributed by atoms with Gasteiger partial charge in [0, 0.05) is 0 Å². The van der Waals surface area contributed by atoms with Crippen LogP contribution in [0.25, 0.3) is 0 Å². The predicted molar refractivity (Wildman–Crippen MR) is 65.5 cm³/mol. The molecule has 0 fully saturated rings. The lowest BCUT2D eigenvalue weighted by atomic mass is 10.2. The van der Waals surface area contributed by atoms with Gasteiger partial charge in [0.25, 0.3) is 0 Å². The Balaban J connectivity index is 2.00. The molecule has 0 amide bonds. The first-order valence-electron chi connectivity index (χ1n) is 5.66. The Labute approximate surface area is 109 Å². The lowest BCUT2D eigenvalue weighted by Crippen LogP contribution is -2.03. The number of aliphatic hydroxyl groups excluding tert-OH is 1. The molecule has 0 unspecified atom stereocenters. The summed E-state index contributed by atoms with van der Waals surface area (Å²) in [5.74, 6) is -0.484. The average molecular weight is 261 g/mol. The van der Waals surface area contributed by atoms with E-state index in [1.807, 2.05) is 6.07 Å². The van der Waals surface area contributed by atoms with Crippen LogP contribution in [-0.4, -0.2) is 26.7 Å². The Bertz CT molecular complexity index is 604. The smallest absolute Gasteiger partial charge is 0.147 e. The van der Waals surface area contributed by atoms with Gasteiger partial charge in [0.1, 0.15) is 11.5 Å². The van der Waals surface area contributed by atoms with E-state index in [-0.39, 0.29) is 12.2 Å². The Hall–Kier alpha value is -2.46. The molecule has 2 N–H and O–H groups in total. The van der Waals surface area contributed by atoms with E-state index in [0.29, 0.717) is 24.5 Å². The van der Waals surface area contributed by atoms with E-state index in [1.165, 1.54) is 22.9 Å². The molecule has 6 nitrogen and oxygen atoms in total. The van der Waals surface area contributed by atoms with E-state index in [2.05, 4.69) is 15.6 Å². The van der Waals surface area contributed by atoms with Crippen LogP contribution in [0.3, 0.4) is 0 Å². The molecule has 0 spiro atoms. The molecule has 0 bridgehead atoms. The van der Waals surface area contributed by atoms with Crippen molar-refractivity contribution < 1.29 is 9.50 Å². The van der Waals surface area contributed by atoms with Crippen LogP contribution in [0.1, 0.15) is 11.3 Å². The maximum atomic E-state index is 13.6. The number of aromatic nitrogens is 3. The Morgan fingerprint density at radius 1 is 1.47 bits per heavy atom. The van der Waals surface area contributed by atoms with Gasteiger partial charge in [0.15, 0.2) is 0 Å². The topological polar surface area (TPSA) is 86.8 Å². The molecule has 98 valence electrons. The maximum Gasteiger partial charge on any atom is 0.147 e. The van der Waals surface area contributed by atoms with E-state index in [0.717, 1.165) is 0 Å². The summed E-state index contributed by atoms with van der Waals surface area (Å²) >= 11 is 0. The minimum Gasteiger partial charge on any atom is -0.394 e. The molecule has 7 heteroatoms. The first kappa shape index (κ1) is 13.0. The SMILES string of the molecule is N#Cc1ccc(NCc2cn(CCO)nn2)c(F)c1. The molecule has 0 aliphatic rings. The fourth-order valence-corrected chi connectivity index (χ4v) is 1.55.